The summed E-state index contributed by atoms with van der Waals surface area (Å²) in [6.07, 6.45) is -0.344. The number of thioether (sulfide) groups is 1. The first-order valence-corrected chi connectivity index (χ1v) is 12.7. The van der Waals surface area contributed by atoms with E-state index in [2.05, 4.69) is 53.5 Å². The molecule has 3 aromatic rings. The lowest BCUT2D eigenvalue weighted by Gasteiger charge is -2.39. The number of fused-ring (bicyclic) bond motifs is 3. The molecule has 1 aromatic heterocycles. The zero-order valence-corrected chi connectivity index (χ0v) is 20.2. The standard InChI is InChI=1S/C24H23ClN4OS2/c1-15(2)17-9-7-16(8-10-17)13-28-22(30)21-20(11-12-31-21)29-23(28)26-27-24(29)32-14-18-5-3-4-6-19(18)25/h3-12,15,23,26H,13-14H2,1-2H3. The minimum atomic E-state index is -0.344. The van der Waals surface area contributed by atoms with Gasteiger partial charge in [-0.1, -0.05) is 79.7 Å². The highest BCUT2D eigenvalue weighted by Crippen LogP contribution is 2.39. The minimum Gasteiger partial charge on any atom is -0.294 e. The smallest absolute Gasteiger partial charge is 0.269 e. The van der Waals surface area contributed by atoms with Crippen LogP contribution in [-0.4, -0.2) is 22.3 Å². The molecule has 32 heavy (non-hydrogen) atoms. The largest absolute Gasteiger partial charge is 0.294 e. The Morgan fingerprint density at radius 1 is 1.16 bits per heavy atom. The van der Waals surface area contributed by atoms with Crippen LogP contribution >= 0.6 is 34.7 Å². The van der Waals surface area contributed by atoms with Crippen LogP contribution in [0.4, 0.5) is 5.69 Å². The highest BCUT2D eigenvalue weighted by Gasteiger charge is 2.43. The molecule has 1 amide bonds. The Morgan fingerprint density at radius 3 is 2.69 bits per heavy atom. The summed E-state index contributed by atoms with van der Waals surface area (Å²) in [5.41, 5.74) is 7.55. The summed E-state index contributed by atoms with van der Waals surface area (Å²) in [5.74, 6) is 1.21. The van der Waals surface area contributed by atoms with Crippen LogP contribution in [0.1, 0.15) is 46.1 Å². The summed E-state index contributed by atoms with van der Waals surface area (Å²) in [7, 11) is 0. The van der Waals surface area contributed by atoms with E-state index < -0.39 is 0 Å². The quantitative estimate of drug-likeness (QED) is 0.478. The van der Waals surface area contributed by atoms with Crippen molar-refractivity contribution in [3.05, 3.63) is 86.6 Å². The fourth-order valence-electron chi connectivity index (χ4n) is 3.89. The van der Waals surface area contributed by atoms with Crippen LogP contribution in [0.2, 0.25) is 5.02 Å². The van der Waals surface area contributed by atoms with Gasteiger partial charge < -0.3 is 0 Å². The molecule has 0 aliphatic carbocycles. The third kappa shape index (κ3) is 3.89. The minimum absolute atomic E-state index is 0.0317. The fraction of sp³-hybridized carbons (Fsp3) is 0.250. The van der Waals surface area contributed by atoms with E-state index in [-0.39, 0.29) is 12.2 Å². The number of benzene rings is 2. The van der Waals surface area contributed by atoms with E-state index in [1.807, 2.05) is 40.6 Å². The number of hydrazone groups is 1. The number of hydrogen-bond acceptors (Lipinski definition) is 6. The average Bonchev–Trinajstić information content (AvgIpc) is 3.43. The summed E-state index contributed by atoms with van der Waals surface area (Å²) in [6.45, 7) is 4.88. The molecule has 0 saturated carbocycles. The Bertz CT molecular complexity index is 1170. The number of rotatable bonds is 5. The number of carbonyl (C=O) groups excluding carboxylic acids is 1. The number of anilines is 1. The second-order valence-electron chi connectivity index (χ2n) is 8.11. The number of amides is 1. The summed E-state index contributed by atoms with van der Waals surface area (Å²) < 4.78 is 0. The van der Waals surface area contributed by atoms with Gasteiger partial charge in [-0.15, -0.1) is 11.3 Å². The average molecular weight is 483 g/mol. The first-order chi connectivity index (χ1) is 15.5. The van der Waals surface area contributed by atoms with E-state index >= 15 is 0 Å². The van der Waals surface area contributed by atoms with Crippen molar-refractivity contribution < 1.29 is 4.79 Å². The third-order valence-electron chi connectivity index (χ3n) is 5.69. The number of nitrogens with one attached hydrogen (secondary N) is 1. The molecule has 0 fully saturated rings. The monoisotopic (exact) mass is 482 g/mol. The van der Waals surface area contributed by atoms with Gasteiger partial charge >= 0.3 is 0 Å². The summed E-state index contributed by atoms with van der Waals surface area (Å²) in [4.78, 5) is 18.0. The molecule has 2 aromatic carbocycles. The predicted molar refractivity (Wildman–Crippen MR) is 134 cm³/mol. The highest BCUT2D eigenvalue weighted by atomic mass is 35.5. The van der Waals surface area contributed by atoms with E-state index in [9.17, 15) is 4.79 Å². The van der Waals surface area contributed by atoms with Crippen molar-refractivity contribution in [2.75, 3.05) is 4.90 Å². The summed E-state index contributed by atoms with van der Waals surface area (Å²) in [6, 6.07) is 18.4. The van der Waals surface area contributed by atoms with Gasteiger partial charge in [0.2, 0.25) is 6.29 Å². The molecule has 2 aliphatic rings. The molecular weight excluding hydrogens is 460 g/mol. The normalized spacial score (nSPS) is 17.3. The van der Waals surface area contributed by atoms with Gasteiger partial charge in [-0.3, -0.25) is 20.0 Å². The topological polar surface area (TPSA) is 47.9 Å². The first kappa shape index (κ1) is 21.4. The van der Waals surface area contributed by atoms with Crippen LogP contribution in [0.15, 0.2) is 65.1 Å². The summed E-state index contributed by atoms with van der Waals surface area (Å²) >= 11 is 9.43. The van der Waals surface area contributed by atoms with Gasteiger partial charge in [0.1, 0.15) is 4.88 Å². The number of thiophene rings is 1. The number of nitrogens with zero attached hydrogens (tertiary/aromatic N) is 3. The van der Waals surface area contributed by atoms with Gasteiger partial charge in [0.05, 0.1) is 5.69 Å². The molecule has 1 atom stereocenters. The van der Waals surface area contributed by atoms with E-state index in [1.165, 1.54) is 16.9 Å². The predicted octanol–water partition coefficient (Wildman–Crippen LogP) is 6.08. The maximum absolute atomic E-state index is 13.3. The Labute approximate surface area is 201 Å². The van der Waals surface area contributed by atoms with E-state index in [4.69, 9.17) is 11.6 Å². The molecule has 5 rings (SSSR count). The molecule has 2 aliphatic heterocycles. The molecule has 5 nitrogen and oxygen atoms in total. The van der Waals surface area contributed by atoms with Crippen molar-refractivity contribution in [3.63, 3.8) is 0 Å². The molecular formula is C24H23ClN4OS2. The Hall–Kier alpha value is -2.48. The zero-order valence-electron chi connectivity index (χ0n) is 17.8. The van der Waals surface area contributed by atoms with Crippen molar-refractivity contribution in [2.45, 2.75) is 38.4 Å². The van der Waals surface area contributed by atoms with Crippen LogP contribution in [0.5, 0.6) is 0 Å². The van der Waals surface area contributed by atoms with Gasteiger partial charge in [0, 0.05) is 17.3 Å². The van der Waals surface area contributed by atoms with Crippen LogP contribution in [0.25, 0.3) is 0 Å². The Morgan fingerprint density at radius 2 is 1.94 bits per heavy atom. The van der Waals surface area contributed by atoms with Crippen molar-refractivity contribution >= 4 is 51.5 Å². The highest BCUT2D eigenvalue weighted by molar-refractivity contribution is 8.13. The SMILES string of the molecule is CC(C)c1ccc(CN2C(=O)c3sccc3N3C(SCc4ccccc4Cl)=NNC23)cc1. The number of hydrogen-bond donors (Lipinski definition) is 1. The van der Waals surface area contributed by atoms with Gasteiger partial charge in [0.25, 0.3) is 5.91 Å². The lowest BCUT2D eigenvalue weighted by Crippen LogP contribution is -2.57. The maximum Gasteiger partial charge on any atom is 0.269 e. The fourth-order valence-corrected chi connectivity index (χ4v) is 6.00. The Balaban J connectivity index is 1.39. The van der Waals surface area contributed by atoms with Crippen molar-refractivity contribution in [3.8, 4) is 0 Å². The van der Waals surface area contributed by atoms with Crippen molar-refractivity contribution in [1.29, 1.82) is 0 Å². The van der Waals surface area contributed by atoms with Crippen molar-refractivity contribution in [2.24, 2.45) is 5.10 Å². The Kier molecular flexibility index (Phi) is 5.88. The van der Waals surface area contributed by atoms with Crippen LogP contribution in [0.3, 0.4) is 0 Å². The third-order valence-corrected chi connectivity index (χ3v) is 7.96. The van der Waals surface area contributed by atoms with Gasteiger partial charge in [-0.25, -0.2) is 0 Å². The van der Waals surface area contributed by atoms with Gasteiger partial charge in [-0.05, 0) is 40.1 Å². The molecule has 0 bridgehead atoms. The zero-order chi connectivity index (χ0) is 22.2. The second-order valence-corrected chi connectivity index (χ2v) is 10.4. The van der Waals surface area contributed by atoms with Crippen molar-refractivity contribution in [1.82, 2.24) is 10.3 Å². The molecule has 0 radical (unpaired) electrons. The number of carbonyl (C=O) groups is 1. The molecule has 0 spiro atoms. The maximum atomic E-state index is 13.3. The lowest BCUT2D eigenvalue weighted by atomic mass is 10.0. The van der Waals surface area contributed by atoms with Crippen LogP contribution < -0.4 is 10.3 Å². The van der Waals surface area contributed by atoms with Crippen LogP contribution in [0, 0.1) is 0 Å². The van der Waals surface area contributed by atoms with Gasteiger partial charge in [-0.2, -0.15) is 5.10 Å². The molecule has 0 saturated heterocycles. The van der Waals surface area contributed by atoms with E-state index in [0.717, 1.165) is 31.9 Å². The van der Waals surface area contributed by atoms with Crippen LogP contribution in [-0.2, 0) is 12.3 Å². The van der Waals surface area contributed by atoms with E-state index in [0.29, 0.717) is 18.2 Å². The molecule has 8 heteroatoms. The van der Waals surface area contributed by atoms with Gasteiger partial charge in [0.15, 0.2) is 5.17 Å². The molecule has 3 heterocycles. The summed E-state index contributed by atoms with van der Waals surface area (Å²) in [5, 5.41) is 8.14. The lowest BCUT2D eigenvalue weighted by molar-refractivity contribution is 0.0629. The number of halogens is 1. The molecule has 1 unspecified atom stereocenters. The second kappa shape index (κ2) is 8.81. The van der Waals surface area contributed by atoms with E-state index in [1.54, 1.807) is 11.8 Å². The first-order valence-electron chi connectivity index (χ1n) is 10.5. The molecule has 164 valence electrons. The molecule has 1 N–H and O–H groups in total. The number of amidine groups is 1.